The summed E-state index contributed by atoms with van der Waals surface area (Å²) in [5.74, 6) is 1.90. The van der Waals surface area contributed by atoms with Gasteiger partial charge in [0.15, 0.2) is 0 Å². The summed E-state index contributed by atoms with van der Waals surface area (Å²) in [6.45, 7) is 4.86. The second-order valence-electron chi connectivity index (χ2n) is 7.41. The number of piperazine rings is 1. The van der Waals surface area contributed by atoms with Gasteiger partial charge in [0.25, 0.3) is 0 Å². The second kappa shape index (κ2) is 5.73. The first-order valence-corrected chi connectivity index (χ1v) is 8.87. The molecule has 0 bridgehead atoms. The molecule has 2 heteroatoms. The van der Waals surface area contributed by atoms with Gasteiger partial charge >= 0.3 is 0 Å². The van der Waals surface area contributed by atoms with Crippen LogP contribution in [-0.4, -0.2) is 30.1 Å². The first kappa shape index (κ1) is 13.8. The molecular weight excluding hydrogens is 256 g/mol. The van der Waals surface area contributed by atoms with Gasteiger partial charge in [0, 0.05) is 31.2 Å². The Kier molecular flexibility index (Phi) is 3.76. The van der Waals surface area contributed by atoms with E-state index >= 15 is 0 Å². The van der Waals surface area contributed by atoms with Crippen LogP contribution in [0.4, 0.5) is 0 Å². The van der Waals surface area contributed by atoms with Gasteiger partial charge in [0.1, 0.15) is 0 Å². The van der Waals surface area contributed by atoms with Crippen molar-refractivity contribution in [3.8, 4) is 0 Å². The number of hydrogen-bond acceptors (Lipinski definition) is 2. The molecule has 3 unspecified atom stereocenters. The van der Waals surface area contributed by atoms with Gasteiger partial charge in [0.05, 0.1) is 0 Å². The smallest absolute Gasteiger partial charge is 0.0476 e. The minimum Gasteiger partial charge on any atom is -0.311 e. The van der Waals surface area contributed by atoms with Gasteiger partial charge in [-0.1, -0.05) is 36.8 Å². The maximum Gasteiger partial charge on any atom is 0.0476 e. The van der Waals surface area contributed by atoms with E-state index in [0.29, 0.717) is 6.04 Å². The van der Waals surface area contributed by atoms with E-state index in [4.69, 9.17) is 0 Å². The lowest BCUT2D eigenvalue weighted by Crippen LogP contribution is -2.57. The highest BCUT2D eigenvalue weighted by Gasteiger charge is 2.41. The van der Waals surface area contributed by atoms with Gasteiger partial charge in [0.2, 0.25) is 0 Å². The molecule has 1 aromatic carbocycles. The summed E-state index contributed by atoms with van der Waals surface area (Å²) in [6, 6.07) is 13.2. The van der Waals surface area contributed by atoms with E-state index in [2.05, 4.69) is 47.5 Å². The van der Waals surface area contributed by atoms with Crippen molar-refractivity contribution in [3.05, 3.63) is 35.9 Å². The van der Waals surface area contributed by atoms with Crippen molar-refractivity contribution in [1.29, 1.82) is 0 Å². The Morgan fingerprint density at radius 2 is 1.86 bits per heavy atom. The van der Waals surface area contributed by atoms with Crippen molar-refractivity contribution in [2.24, 2.45) is 11.8 Å². The third-order valence-corrected chi connectivity index (χ3v) is 6.11. The Morgan fingerprint density at radius 1 is 1.10 bits per heavy atom. The second-order valence-corrected chi connectivity index (χ2v) is 7.41. The molecule has 2 saturated carbocycles. The van der Waals surface area contributed by atoms with Crippen molar-refractivity contribution in [3.63, 3.8) is 0 Å². The topological polar surface area (TPSA) is 15.3 Å². The number of rotatable bonds is 4. The summed E-state index contributed by atoms with van der Waals surface area (Å²) >= 11 is 0. The fraction of sp³-hybridized carbons (Fsp3) is 0.684. The van der Waals surface area contributed by atoms with Crippen LogP contribution < -0.4 is 5.32 Å². The quantitative estimate of drug-likeness (QED) is 0.909. The molecule has 2 nitrogen and oxygen atoms in total. The lowest BCUT2D eigenvalue weighted by Gasteiger charge is -2.48. The molecule has 4 rings (SSSR count). The van der Waals surface area contributed by atoms with E-state index in [1.165, 1.54) is 44.2 Å². The summed E-state index contributed by atoms with van der Waals surface area (Å²) in [4.78, 5) is 2.83. The molecule has 0 amide bonds. The highest BCUT2D eigenvalue weighted by Crippen LogP contribution is 2.40. The molecule has 1 aromatic rings. The van der Waals surface area contributed by atoms with Crippen molar-refractivity contribution >= 4 is 0 Å². The zero-order valence-electron chi connectivity index (χ0n) is 13.2. The number of nitrogens with zero attached hydrogens (tertiary/aromatic N) is 1. The number of benzene rings is 1. The molecule has 1 N–H and O–H groups in total. The van der Waals surface area contributed by atoms with Gasteiger partial charge in [-0.3, -0.25) is 4.90 Å². The van der Waals surface area contributed by atoms with Crippen molar-refractivity contribution < 1.29 is 0 Å². The van der Waals surface area contributed by atoms with E-state index in [1.807, 2.05) is 0 Å². The first-order chi connectivity index (χ1) is 10.3. The summed E-state index contributed by atoms with van der Waals surface area (Å²) in [6.07, 6.45) is 7.23. The molecule has 0 radical (unpaired) electrons. The highest BCUT2D eigenvalue weighted by molar-refractivity contribution is 5.21. The summed E-state index contributed by atoms with van der Waals surface area (Å²) in [7, 11) is 0. The Bertz CT molecular complexity index is 464. The standard InChI is InChI=1S/C19H28N2/c1-14(15-8-5-9-15)21-13-18(16-10-11-16)20-12-19(21)17-6-3-2-4-7-17/h2-4,6-7,14-16,18-20H,5,8-13H2,1H3. The monoisotopic (exact) mass is 284 g/mol. The van der Waals surface area contributed by atoms with Gasteiger partial charge < -0.3 is 5.32 Å². The molecule has 0 spiro atoms. The van der Waals surface area contributed by atoms with Crippen LogP contribution in [0.5, 0.6) is 0 Å². The van der Waals surface area contributed by atoms with Crippen LogP contribution in [0.1, 0.15) is 50.6 Å². The maximum atomic E-state index is 3.85. The number of nitrogens with one attached hydrogen (secondary N) is 1. The van der Waals surface area contributed by atoms with Gasteiger partial charge in [-0.2, -0.15) is 0 Å². The van der Waals surface area contributed by atoms with Crippen molar-refractivity contribution in [1.82, 2.24) is 10.2 Å². The third-order valence-electron chi connectivity index (χ3n) is 6.11. The molecule has 3 atom stereocenters. The maximum absolute atomic E-state index is 3.85. The van der Waals surface area contributed by atoms with E-state index in [-0.39, 0.29) is 0 Å². The van der Waals surface area contributed by atoms with E-state index in [0.717, 1.165) is 30.5 Å². The predicted molar refractivity (Wildman–Crippen MR) is 87.2 cm³/mol. The van der Waals surface area contributed by atoms with Gasteiger partial charge in [-0.25, -0.2) is 0 Å². The van der Waals surface area contributed by atoms with Crippen molar-refractivity contribution in [2.45, 2.75) is 57.2 Å². The van der Waals surface area contributed by atoms with E-state index in [1.54, 1.807) is 0 Å². The molecule has 114 valence electrons. The lowest BCUT2D eigenvalue weighted by molar-refractivity contribution is 0.0321. The fourth-order valence-electron chi connectivity index (χ4n) is 4.24. The highest BCUT2D eigenvalue weighted by atomic mass is 15.3. The Balaban J connectivity index is 1.55. The average molecular weight is 284 g/mol. The van der Waals surface area contributed by atoms with E-state index in [9.17, 15) is 0 Å². The van der Waals surface area contributed by atoms with Crippen LogP contribution in [0.3, 0.4) is 0 Å². The Labute approximate surface area is 128 Å². The van der Waals surface area contributed by atoms with Crippen molar-refractivity contribution in [2.75, 3.05) is 13.1 Å². The molecule has 21 heavy (non-hydrogen) atoms. The fourth-order valence-corrected chi connectivity index (χ4v) is 4.24. The Morgan fingerprint density at radius 3 is 2.48 bits per heavy atom. The zero-order valence-corrected chi connectivity index (χ0v) is 13.2. The summed E-state index contributed by atoms with van der Waals surface area (Å²) in [5, 5.41) is 3.85. The average Bonchev–Trinajstić information content (AvgIpc) is 3.30. The molecule has 2 aliphatic carbocycles. The molecular formula is C19H28N2. The van der Waals surface area contributed by atoms with Crippen LogP contribution in [0, 0.1) is 11.8 Å². The predicted octanol–water partition coefficient (Wildman–Crippen LogP) is 3.60. The minimum absolute atomic E-state index is 0.566. The molecule has 3 aliphatic rings. The lowest BCUT2D eigenvalue weighted by atomic mass is 9.78. The van der Waals surface area contributed by atoms with Gasteiger partial charge in [-0.05, 0) is 50.0 Å². The zero-order chi connectivity index (χ0) is 14.2. The van der Waals surface area contributed by atoms with Crippen LogP contribution in [-0.2, 0) is 0 Å². The van der Waals surface area contributed by atoms with Crippen LogP contribution in [0.15, 0.2) is 30.3 Å². The first-order valence-electron chi connectivity index (χ1n) is 8.87. The van der Waals surface area contributed by atoms with Crippen LogP contribution in [0.2, 0.25) is 0 Å². The SMILES string of the molecule is CC(C1CCC1)N1CC(C2CC2)NCC1c1ccccc1. The summed E-state index contributed by atoms with van der Waals surface area (Å²) < 4.78 is 0. The number of hydrogen-bond donors (Lipinski definition) is 1. The van der Waals surface area contributed by atoms with Crippen LogP contribution in [0.25, 0.3) is 0 Å². The molecule has 0 aromatic heterocycles. The molecule has 1 heterocycles. The third kappa shape index (κ3) is 2.76. The Hall–Kier alpha value is -0.860. The molecule has 1 saturated heterocycles. The van der Waals surface area contributed by atoms with E-state index < -0.39 is 0 Å². The van der Waals surface area contributed by atoms with Gasteiger partial charge in [-0.15, -0.1) is 0 Å². The minimum atomic E-state index is 0.566. The molecule has 1 aliphatic heterocycles. The van der Waals surface area contributed by atoms with Crippen LogP contribution >= 0.6 is 0 Å². The summed E-state index contributed by atoms with van der Waals surface area (Å²) in [5.41, 5.74) is 1.49. The molecule has 3 fully saturated rings. The largest absolute Gasteiger partial charge is 0.311 e. The normalized spacial score (nSPS) is 32.6.